The predicted octanol–water partition coefficient (Wildman–Crippen LogP) is 2.89. The lowest BCUT2D eigenvalue weighted by atomic mass is 9.97. The van der Waals surface area contributed by atoms with Crippen LogP contribution in [-0.4, -0.2) is 22.8 Å². The molecule has 0 radical (unpaired) electrons. The molecule has 1 aliphatic heterocycles. The van der Waals surface area contributed by atoms with Crippen LogP contribution in [-0.2, 0) is 6.42 Å². The van der Waals surface area contributed by atoms with E-state index in [9.17, 15) is 5.11 Å². The van der Waals surface area contributed by atoms with Crippen LogP contribution in [0.25, 0.3) is 0 Å². The highest BCUT2D eigenvalue weighted by Gasteiger charge is 2.33. The molecule has 0 bridgehead atoms. The van der Waals surface area contributed by atoms with Crippen molar-refractivity contribution in [1.82, 2.24) is 4.98 Å². The molecule has 0 saturated carbocycles. The molecule has 2 heterocycles. The first-order valence-electron chi connectivity index (χ1n) is 6.98. The standard InChI is InChI=1S/C17H19NO3/c1-17(2)8-11-5-4-6-14(16(11)21-17)15(19)12-7-13(20-3)10-18-9-12/h4-7,9-10,15,19H,8H2,1-3H3. The van der Waals surface area contributed by atoms with Crippen LogP contribution in [0, 0.1) is 0 Å². The Labute approximate surface area is 124 Å². The molecule has 0 amide bonds. The third-order valence-corrected chi connectivity index (χ3v) is 3.70. The zero-order valence-corrected chi connectivity index (χ0v) is 12.5. The Morgan fingerprint density at radius 3 is 2.90 bits per heavy atom. The number of benzene rings is 1. The predicted molar refractivity (Wildman–Crippen MR) is 79.7 cm³/mol. The molecule has 1 atom stereocenters. The van der Waals surface area contributed by atoms with Gasteiger partial charge in [-0.3, -0.25) is 4.98 Å². The Bertz CT molecular complexity index is 667. The number of rotatable bonds is 3. The second-order valence-corrected chi connectivity index (χ2v) is 5.93. The molecule has 4 heteroatoms. The van der Waals surface area contributed by atoms with Gasteiger partial charge in [0.05, 0.1) is 13.3 Å². The molecule has 1 aromatic heterocycles. The Morgan fingerprint density at radius 2 is 2.14 bits per heavy atom. The van der Waals surface area contributed by atoms with Crippen LogP contribution in [0.4, 0.5) is 0 Å². The first-order chi connectivity index (χ1) is 10.00. The maximum Gasteiger partial charge on any atom is 0.137 e. The second kappa shape index (κ2) is 5.04. The molecule has 2 aromatic rings. The molecule has 0 fully saturated rings. The van der Waals surface area contributed by atoms with Gasteiger partial charge in [-0.05, 0) is 25.5 Å². The molecule has 3 rings (SSSR count). The maximum atomic E-state index is 10.7. The van der Waals surface area contributed by atoms with Gasteiger partial charge in [0.25, 0.3) is 0 Å². The summed E-state index contributed by atoms with van der Waals surface area (Å²) in [5.74, 6) is 1.41. The number of pyridine rings is 1. The van der Waals surface area contributed by atoms with E-state index >= 15 is 0 Å². The summed E-state index contributed by atoms with van der Waals surface area (Å²) in [5.41, 5.74) is 2.36. The average molecular weight is 285 g/mol. The van der Waals surface area contributed by atoms with Gasteiger partial charge in [0.2, 0.25) is 0 Å². The Hall–Kier alpha value is -2.07. The summed E-state index contributed by atoms with van der Waals surface area (Å²) in [6.07, 6.45) is 3.33. The third-order valence-electron chi connectivity index (χ3n) is 3.70. The molecule has 0 saturated heterocycles. The Kier molecular flexibility index (Phi) is 3.33. The minimum atomic E-state index is -0.781. The molecule has 1 N–H and O–H groups in total. The number of para-hydroxylation sites is 1. The van der Waals surface area contributed by atoms with Gasteiger partial charge in [0.1, 0.15) is 23.2 Å². The van der Waals surface area contributed by atoms with Crippen molar-refractivity contribution in [2.45, 2.75) is 32.0 Å². The molecule has 1 aliphatic rings. The summed E-state index contributed by atoms with van der Waals surface area (Å²) >= 11 is 0. The van der Waals surface area contributed by atoms with E-state index in [-0.39, 0.29) is 5.60 Å². The zero-order chi connectivity index (χ0) is 15.0. The van der Waals surface area contributed by atoms with E-state index in [1.165, 1.54) is 0 Å². The van der Waals surface area contributed by atoms with E-state index in [2.05, 4.69) is 18.8 Å². The zero-order valence-electron chi connectivity index (χ0n) is 12.5. The van der Waals surface area contributed by atoms with Gasteiger partial charge in [0.15, 0.2) is 0 Å². The number of nitrogens with zero attached hydrogens (tertiary/aromatic N) is 1. The molecule has 0 aliphatic carbocycles. The fraction of sp³-hybridized carbons (Fsp3) is 0.353. The summed E-state index contributed by atoms with van der Waals surface area (Å²) in [4.78, 5) is 4.10. The number of aliphatic hydroxyl groups excluding tert-OH is 1. The maximum absolute atomic E-state index is 10.7. The molecular formula is C17H19NO3. The second-order valence-electron chi connectivity index (χ2n) is 5.93. The summed E-state index contributed by atoms with van der Waals surface area (Å²) in [6.45, 7) is 4.10. The third kappa shape index (κ3) is 2.59. The number of hydrogen-bond donors (Lipinski definition) is 1. The van der Waals surface area contributed by atoms with Crippen molar-refractivity contribution in [2.75, 3.05) is 7.11 Å². The molecule has 0 spiro atoms. The number of methoxy groups -OCH3 is 1. The van der Waals surface area contributed by atoms with Crippen LogP contribution in [0.15, 0.2) is 36.7 Å². The van der Waals surface area contributed by atoms with Gasteiger partial charge in [-0.1, -0.05) is 18.2 Å². The van der Waals surface area contributed by atoms with Crippen LogP contribution in [0.3, 0.4) is 0 Å². The SMILES string of the molecule is COc1cncc(C(O)c2cccc3c2OC(C)(C)C3)c1. The van der Waals surface area contributed by atoms with E-state index < -0.39 is 6.10 Å². The smallest absolute Gasteiger partial charge is 0.137 e. The number of aromatic nitrogens is 1. The van der Waals surface area contributed by atoms with Crippen LogP contribution >= 0.6 is 0 Å². The van der Waals surface area contributed by atoms with E-state index in [1.807, 2.05) is 18.2 Å². The molecule has 21 heavy (non-hydrogen) atoms. The van der Waals surface area contributed by atoms with Gasteiger partial charge in [-0.2, -0.15) is 0 Å². The highest BCUT2D eigenvalue weighted by molar-refractivity contribution is 5.49. The minimum absolute atomic E-state index is 0.231. The van der Waals surface area contributed by atoms with Gasteiger partial charge in [-0.25, -0.2) is 0 Å². The summed E-state index contributed by atoms with van der Waals surface area (Å²) < 4.78 is 11.2. The van der Waals surface area contributed by atoms with Crippen LogP contribution in [0.2, 0.25) is 0 Å². The quantitative estimate of drug-likeness (QED) is 0.942. The van der Waals surface area contributed by atoms with E-state index in [0.29, 0.717) is 11.3 Å². The Morgan fingerprint density at radius 1 is 1.33 bits per heavy atom. The largest absolute Gasteiger partial charge is 0.495 e. The van der Waals surface area contributed by atoms with E-state index in [1.54, 1.807) is 25.6 Å². The highest BCUT2D eigenvalue weighted by Crippen LogP contribution is 2.41. The molecule has 1 unspecified atom stereocenters. The lowest BCUT2D eigenvalue weighted by Crippen LogP contribution is -2.25. The van der Waals surface area contributed by atoms with Crippen molar-refractivity contribution in [3.63, 3.8) is 0 Å². The van der Waals surface area contributed by atoms with Crippen LogP contribution in [0.1, 0.15) is 36.6 Å². The normalized spacial score (nSPS) is 17.0. The van der Waals surface area contributed by atoms with Crippen LogP contribution < -0.4 is 9.47 Å². The number of ether oxygens (including phenoxy) is 2. The lowest BCUT2D eigenvalue weighted by molar-refractivity contribution is 0.131. The van der Waals surface area contributed by atoms with E-state index in [0.717, 1.165) is 23.3 Å². The van der Waals surface area contributed by atoms with E-state index in [4.69, 9.17) is 9.47 Å². The van der Waals surface area contributed by atoms with Crippen molar-refractivity contribution in [1.29, 1.82) is 0 Å². The molecule has 1 aromatic carbocycles. The van der Waals surface area contributed by atoms with Crippen LogP contribution in [0.5, 0.6) is 11.5 Å². The first kappa shape index (κ1) is 13.9. The molecule has 4 nitrogen and oxygen atoms in total. The fourth-order valence-electron chi connectivity index (χ4n) is 2.73. The summed E-state index contributed by atoms with van der Waals surface area (Å²) in [7, 11) is 1.58. The lowest BCUT2D eigenvalue weighted by Gasteiger charge is -2.20. The number of hydrogen-bond acceptors (Lipinski definition) is 4. The summed E-state index contributed by atoms with van der Waals surface area (Å²) in [6, 6.07) is 7.68. The monoisotopic (exact) mass is 285 g/mol. The van der Waals surface area contributed by atoms with Crippen molar-refractivity contribution >= 4 is 0 Å². The fourth-order valence-corrected chi connectivity index (χ4v) is 2.73. The van der Waals surface area contributed by atoms with Gasteiger partial charge in [0, 0.05) is 23.7 Å². The number of aliphatic hydroxyl groups is 1. The van der Waals surface area contributed by atoms with Crippen molar-refractivity contribution < 1.29 is 14.6 Å². The molecule has 110 valence electrons. The first-order valence-corrected chi connectivity index (χ1v) is 6.98. The Balaban J connectivity index is 2.00. The molecular weight excluding hydrogens is 266 g/mol. The van der Waals surface area contributed by atoms with Crippen molar-refractivity contribution in [2.24, 2.45) is 0 Å². The topological polar surface area (TPSA) is 51.6 Å². The van der Waals surface area contributed by atoms with Crippen molar-refractivity contribution in [3.8, 4) is 11.5 Å². The van der Waals surface area contributed by atoms with Gasteiger partial charge >= 0.3 is 0 Å². The summed E-state index contributed by atoms with van der Waals surface area (Å²) in [5, 5.41) is 10.7. The van der Waals surface area contributed by atoms with Crippen molar-refractivity contribution in [3.05, 3.63) is 53.3 Å². The average Bonchev–Trinajstić information content (AvgIpc) is 2.80. The van der Waals surface area contributed by atoms with Gasteiger partial charge in [-0.15, -0.1) is 0 Å². The minimum Gasteiger partial charge on any atom is -0.495 e. The highest BCUT2D eigenvalue weighted by atomic mass is 16.5. The van der Waals surface area contributed by atoms with Gasteiger partial charge < -0.3 is 14.6 Å². The number of fused-ring (bicyclic) bond motifs is 1.